The Balaban J connectivity index is 1.54. The van der Waals surface area contributed by atoms with E-state index in [1.54, 1.807) is 4.68 Å². The van der Waals surface area contributed by atoms with Crippen molar-refractivity contribution in [1.29, 1.82) is 0 Å². The quantitative estimate of drug-likeness (QED) is 0.883. The molecule has 1 N–H and O–H groups in total. The number of carboxylic acid groups (broad SMARTS) is 1. The van der Waals surface area contributed by atoms with Crippen LogP contribution in [0.5, 0.6) is 0 Å². The summed E-state index contributed by atoms with van der Waals surface area (Å²) in [5, 5.41) is 16.3. The SMILES string of the molecule is CCc1ccc(CN2CC(n3cc(C(=O)O)nn3)C2)o1. The van der Waals surface area contributed by atoms with Gasteiger partial charge in [-0.15, -0.1) is 5.10 Å². The van der Waals surface area contributed by atoms with Crippen LogP contribution in [0.2, 0.25) is 0 Å². The highest BCUT2D eigenvalue weighted by Crippen LogP contribution is 2.23. The van der Waals surface area contributed by atoms with Gasteiger partial charge in [0.15, 0.2) is 5.69 Å². The van der Waals surface area contributed by atoms with E-state index < -0.39 is 5.97 Å². The molecule has 1 aliphatic heterocycles. The zero-order chi connectivity index (χ0) is 14.1. The minimum Gasteiger partial charge on any atom is -0.476 e. The maximum atomic E-state index is 10.7. The third-order valence-corrected chi connectivity index (χ3v) is 3.49. The molecule has 2 aromatic heterocycles. The number of aromatic carboxylic acids is 1. The summed E-state index contributed by atoms with van der Waals surface area (Å²) in [4.78, 5) is 13.0. The summed E-state index contributed by atoms with van der Waals surface area (Å²) in [5.74, 6) is 0.916. The number of hydrogen-bond acceptors (Lipinski definition) is 5. The molecule has 0 atom stereocenters. The molecule has 0 amide bonds. The lowest BCUT2D eigenvalue weighted by molar-refractivity contribution is 0.0689. The number of aromatic nitrogens is 3. The van der Waals surface area contributed by atoms with Crippen LogP contribution in [0.3, 0.4) is 0 Å². The minimum atomic E-state index is -1.05. The van der Waals surface area contributed by atoms with E-state index in [2.05, 4.69) is 22.1 Å². The molecule has 3 rings (SSSR count). The van der Waals surface area contributed by atoms with E-state index in [-0.39, 0.29) is 11.7 Å². The zero-order valence-corrected chi connectivity index (χ0v) is 11.2. The third kappa shape index (κ3) is 2.44. The number of nitrogens with zero attached hydrogens (tertiary/aromatic N) is 4. The number of carboxylic acids is 1. The summed E-state index contributed by atoms with van der Waals surface area (Å²) in [6.45, 7) is 4.49. The fraction of sp³-hybridized carbons (Fsp3) is 0.462. The molecule has 7 heteroatoms. The van der Waals surface area contributed by atoms with Gasteiger partial charge < -0.3 is 9.52 Å². The van der Waals surface area contributed by atoms with E-state index in [0.717, 1.165) is 37.6 Å². The first-order valence-corrected chi connectivity index (χ1v) is 6.60. The first-order valence-electron chi connectivity index (χ1n) is 6.60. The summed E-state index contributed by atoms with van der Waals surface area (Å²) in [6.07, 6.45) is 2.38. The van der Waals surface area contributed by atoms with Crippen LogP contribution in [-0.2, 0) is 13.0 Å². The highest BCUT2D eigenvalue weighted by atomic mass is 16.4. The van der Waals surface area contributed by atoms with Gasteiger partial charge in [0.05, 0.1) is 18.8 Å². The van der Waals surface area contributed by atoms with Gasteiger partial charge in [-0.1, -0.05) is 12.1 Å². The second kappa shape index (κ2) is 5.09. The number of carbonyl (C=O) groups is 1. The third-order valence-electron chi connectivity index (χ3n) is 3.49. The lowest BCUT2D eigenvalue weighted by Gasteiger charge is -2.38. The monoisotopic (exact) mass is 276 g/mol. The number of likely N-dealkylation sites (tertiary alicyclic amines) is 1. The van der Waals surface area contributed by atoms with Crippen molar-refractivity contribution in [2.75, 3.05) is 13.1 Å². The van der Waals surface area contributed by atoms with Crippen molar-refractivity contribution in [3.8, 4) is 0 Å². The molecule has 1 aliphatic rings. The van der Waals surface area contributed by atoms with Crippen molar-refractivity contribution >= 4 is 5.97 Å². The van der Waals surface area contributed by atoms with Crippen molar-refractivity contribution in [3.63, 3.8) is 0 Å². The molecule has 1 fully saturated rings. The highest BCUT2D eigenvalue weighted by molar-refractivity contribution is 5.84. The average Bonchev–Trinajstić information content (AvgIpc) is 3.02. The molecule has 106 valence electrons. The number of hydrogen-bond donors (Lipinski definition) is 1. The summed E-state index contributed by atoms with van der Waals surface area (Å²) >= 11 is 0. The maximum absolute atomic E-state index is 10.7. The van der Waals surface area contributed by atoms with Gasteiger partial charge in [0.2, 0.25) is 0 Å². The Morgan fingerprint density at radius 3 is 2.80 bits per heavy atom. The van der Waals surface area contributed by atoms with E-state index in [1.807, 2.05) is 12.1 Å². The molecular formula is C13H16N4O3. The normalized spacial score (nSPS) is 16.2. The Morgan fingerprint density at radius 1 is 1.45 bits per heavy atom. The molecule has 20 heavy (non-hydrogen) atoms. The lowest BCUT2D eigenvalue weighted by Crippen LogP contribution is -2.47. The lowest BCUT2D eigenvalue weighted by atomic mass is 10.1. The average molecular weight is 276 g/mol. The van der Waals surface area contributed by atoms with Gasteiger partial charge in [-0.25, -0.2) is 9.48 Å². The Labute approximate surface area is 115 Å². The Bertz CT molecular complexity index is 613. The molecule has 0 bridgehead atoms. The molecule has 3 heterocycles. The van der Waals surface area contributed by atoms with E-state index in [0.29, 0.717) is 0 Å². The van der Waals surface area contributed by atoms with E-state index in [4.69, 9.17) is 9.52 Å². The molecule has 0 aliphatic carbocycles. The van der Waals surface area contributed by atoms with Crippen LogP contribution in [0.25, 0.3) is 0 Å². The van der Waals surface area contributed by atoms with Crippen LogP contribution in [-0.4, -0.2) is 44.1 Å². The summed E-state index contributed by atoms with van der Waals surface area (Å²) in [5.41, 5.74) is -0.0120. The molecule has 0 radical (unpaired) electrons. The first kappa shape index (κ1) is 12.9. The summed E-state index contributed by atoms with van der Waals surface area (Å²) in [6, 6.07) is 4.20. The van der Waals surface area contributed by atoms with Gasteiger partial charge in [0.25, 0.3) is 0 Å². The number of aryl methyl sites for hydroxylation is 1. The summed E-state index contributed by atoms with van der Waals surface area (Å²) in [7, 11) is 0. The molecule has 2 aromatic rings. The molecular weight excluding hydrogens is 260 g/mol. The second-order valence-electron chi connectivity index (χ2n) is 4.96. The van der Waals surface area contributed by atoms with Crippen molar-refractivity contribution in [2.45, 2.75) is 25.9 Å². The smallest absolute Gasteiger partial charge is 0.358 e. The topological polar surface area (TPSA) is 84.4 Å². The van der Waals surface area contributed by atoms with Crippen LogP contribution in [0.4, 0.5) is 0 Å². The van der Waals surface area contributed by atoms with E-state index in [1.165, 1.54) is 6.20 Å². The predicted molar refractivity (Wildman–Crippen MR) is 69.4 cm³/mol. The van der Waals surface area contributed by atoms with Crippen molar-refractivity contribution in [1.82, 2.24) is 19.9 Å². The van der Waals surface area contributed by atoms with Gasteiger partial charge in [-0.05, 0) is 12.1 Å². The molecule has 0 spiro atoms. The standard InChI is InChI=1S/C13H16N4O3/c1-2-10-3-4-11(20-10)7-16-5-9(6-16)17-8-12(13(18)19)14-15-17/h3-4,8-9H,2,5-7H2,1H3,(H,18,19). The van der Waals surface area contributed by atoms with Crippen LogP contribution >= 0.6 is 0 Å². The predicted octanol–water partition coefficient (Wildman–Crippen LogP) is 1.19. The van der Waals surface area contributed by atoms with Crippen LogP contribution in [0, 0.1) is 0 Å². The fourth-order valence-corrected chi connectivity index (χ4v) is 2.31. The van der Waals surface area contributed by atoms with Crippen molar-refractivity contribution in [2.24, 2.45) is 0 Å². The van der Waals surface area contributed by atoms with Crippen LogP contribution in [0.1, 0.15) is 35.0 Å². The largest absolute Gasteiger partial charge is 0.476 e. The van der Waals surface area contributed by atoms with Crippen LogP contribution in [0.15, 0.2) is 22.7 Å². The van der Waals surface area contributed by atoms with Gasteiger partial charge in [-0.3, -0.25) is 4.90 Å². The van der Waals surface area contributed by atoms with E-state index in [9.17, 15) is 4.79 Å². The molecule has 0 aromatic carbocycles. The zero-order valence-electron chi connectivity index (χ0n) is 11.2. The van der Waals surface area contributed by atoms with E-state index >= 15 is 0 Å². The van der Waals surface area contributed by atoms with Gasteiger partial charge >= 0.3 is 5.97 Å². The van der Waals surface area contributed by atoms with Crippen LogP contribution < -0.4 is 0 Å². The Morgan fingerprint density at radius 2 is 2.20 bits per heavy atom. The van der Waals surface area contributed by atoms with Gasteiger partial charge in [0.1, 0.15) is 11.5 Å². The fourth-order valence-electron chi connectivity index (χ4n) is 2.31. The molecule has 0 saturated carbocycles. The van der Waals surface area contributed by atoms with Crippen molar-refractivity contribution in [3.05, 3.63) is 35.5 Å². The Kier molecular flexibility index (Phi) is 3.27. The first-order chi connectivity index (χ1) is 9.65. The van der Waals surface area contributed by atoms with Crippen molar-refractivity contribution < 1.29 is 14.3 Å². The maximum Gasteiger partial charge on any atom is 0.358 e. The Hall–Kier alpha value is -2.15. The summed E-state index contributed by atoms with van der Waals surface area (Å²) < 4.78 is 7.29. The minimum absolute atomic E-state index is 0.0120. The van der Waals surface area contributed by atoms with Gasteiger partial charge in [-0.2, -0.15) is 0 Å². The highest BCUT2D eigenvalue weighted by Gasteiger charge is 2.30. The second-order valence-corrected chi connectivity index (χ2v) is 4.96. The number of furan rings is 1. The molecule has 1 saturated heterocycles. The number of rotatable bonds is 5. The molecule has 7 nitrogen and oxygen atoms in total. The van der Waals surface area contributed by atoms with Gasteiger partial charge in [0, 0.05) is 19.5 Å². The molecule has 0 unspecified atom stereocenters.